The van der Waals surface area contributed by atoms with E-state index in [1.807, 2.05) is 0 Å². The van der Waals surface area contributed by atoms with Gasteiger partial charge in [-0.25, -0.2) is 0 Å². The molecular formula is C13H29NO. The van der Waals surface area contributed by atoms with Crippen LogP contribution in [0.5, 0.6) is 0 Å². The average Bonchev–Trinajstić information content (AvgIpc) is 2.17. The van der Waals surface area contributed by atoms with Gasteiger partial charge in [0.2, 0.25) is 0 Å². The van der Waals surface area contributed by atoms with E-state index in [4.69, 9.17) is 4.74 Å². The lowest BCUT2D eigenvalue weighted by molar-refractivity contribution is 0.00859. The fourth-order valence-corrected chi connectivity index (χ4v) is 1.79. The maximum atomic E-state index is 5.41. The quantitative estimate of drug-likeness (QED) is 0.595. The average molecular weight is 215 g/mol. The van der Waals surface area contributed by atoms with Crippen LogP contribution in [0, 0.1) is 0 Å². The van der Waals surface area contributed by atoms with Gasteiger partial charge in [0.25, 0.3) is 0 Å². The molecule has 15 heavy (non-hydrogen) atoms. The van der Waals surface area contributed by atoms with Crippen LogP contribution in [0.25, 0.3) is 0 Å². The molecule has 0 bridgehead atoms. The Kier molecular flexibility index (Phi) is 8.07. The van der Waals surface area contributed by atoms with Gasteiger partial charge in [0.05, 0.1) is 5.60 Å². The summed E-state index contributed by atoms with van der Waals surface area (Å²) in [5, 5.41) is 3.55. The molecule has 0 radical (unpaired) electrons. The molecule has 92 valence electrons. The number of ether oxygens (including phenoxy) is 1. The van der Waals surface area contributed by atoms with Crippen molar-refractivity contribution in [2.75, 3.05) is 13.7 Å². The van der Waals surface area contributed by atoms with Crippen LogP contribution in [-0.4, -0.2) is 25.3 Å². The first-order valence-electron chi connectivity index (χ1n) is 6.30. The number of unbranched alkanes of at least 4 members (excludes halogenated alkanes) is 3. The zero-order chi connectivity index (χ0) is 11.7. The topological polar surface area (TPSA) is 21.3 Å². The molecule has 2 nitrogen and oxygen atoms in total. The molecule has 0 heterocycles. The van der Waals surface area contributed by atoms with Crippen LogP contribution in [-0.2, 0) is 4.74 Å². The van der Waals surface area contributed by atoms with Crippen LogP contribution >= 0.6 is 0 Å². The van der Waals surface area contributed by atoms with Crippen LogP contribution in [0.4, 0.5) is 0 Å². The van der Waals surface area contributed by atoms with Crippen molar-refractivity contribution in [3.63, 3.8) is 0 Å². The fraction of sp³-hybridized carbons (Fsp3) is 1.00. The second kappa shape index (κ2) is 8.12. The molecule has 0 aromatic heterocycles. The van der Waals surface area contributed by atoms with Gasteiger partial charge >= 0.3 is 0 Å². The van der Waals surface area contributed by atoms with Crippen molar-refractivity contribution in [3.05, 3.63) is 0 Å². The van der Waals surface area contributed by atoms with Gasteiger partial charge in [-0.3, -0.25) is 0 Å². The first-order valence-corrected chi connectivity index (χ1v) is 6.30. The molecule has 0 aliphatic heterocycles. The van der Waals surface area contributed by atoms with Gasteiger partial charge in [0.15, 0.2) is 0 Å². The third-order valence-electron chi connectivity index (χ3n) is 2.87. The maximum Gasteiger partial charge on any atom is 0.0637 e. The van der Waals surface area contributed by atoms with E-state index >= 15 is 0 Å². The Bertz CT molecular complexity index is 145. The van der Waals surface area contributed by atoms with Crippen molar-refractivity contribution in [3.8, 4) is 0 Å². The van der Waals surface area contributed by atoms with Crippen molar-refractivity contribution >= 4 is 0 Å². The summed E-state index contributed by atoms with van der Waals surface area (Å²) in [5.74, 6) is 0. The number of hydrogen-bond acceptors (Lipinski definition) is 2. The van der Waals surface area contributed by atoms with Gasteiger partial charge in [0, 0.05) is 13.2 Å². The molecule has 0 aromatic rings. The van der Waals surface area contributed by atoms with E-state index in [-0.39, 0.29) is 5.60 Å². The minimum absolute atomic E-state index is 0.00413. The predicted molar refractivity (Wildman–Crippen MR) is 67.3 cm³/mol. The van der Waals surface area contributed by atoms with Crippen molar-refractivity contribution < 1.29 is 4.74 Å². The Morgan fingerprint density at radius 2 is 1.87 bits per heavy atom. The Balaban J connectivity index is 3.45. The molecule has 0 unspecified atom stereocenters. The lowest BCUT2D eigenvalue weighted by Gasteiger charge is -2.27. The molecule has 0 fully saturated rings. The first kappa shape index (κ1) is 14.9. The van der Waals surface area contributed by atoms with Gasteiger partial charge in [0.1, 0.15) is 0 Å². The van der Waals surface area contributed by atoms with Gasteiger partial charge in [-0.2, -0.15) is 0 Å². The molecule has 0 amide bonds. The molecule has 0 saturated heterocycles. The Morgan fingerprint density at radius 3 is 2.40 bits per heavy atom. The van der Waals surface area contributed by atoms with E-state index in [1.54, 1.807) is 7.11 Å². The van der Waals surface area contributed by atoms with Crippen LogP contribution in [0.2, 0.25) is 0 Å². The molecule has 0 aliphatic rings. The van der Waals surface area contributed by atoms with Crippen LogP contribution in [0.1, 0.15) is 59.8 Å². The first-order chi connectivity index (χ1) is 7.02. The van der Waals surface area contributed by atoms with Gasteiger partial charge in [-0.15, -0.1) is 0 Å². The molecule has 0 rings (SSSR count). The number of hydrogen-bond donors (Lipinski definition) is 1. The summed E-state index contributed by atoms with van der Waals surface area (Å²) in [5.41, 5.74) is -0.00413. The van der Waals surface area contributed by atoms with E-state index < -0.39 is 0 Å². The highest BCUT2D eigenvalue weighted by Crippen LogP contribution is 2.15. The molecular weight excluding hydrogens is 186 g/mol. The smallest absolute Gasteiger partial charge is 0.0637 e. The standard InChI is InChI=1S/C13H29NO/c1-6-7-8-9-10-14-12(2)11-13(3,4)15-5/h12,14H,6-11H2,1-5H3/t12-/m0/s1. The van der Waals surface area contributed by atoms with Crippen molar-refractivity contribution in [2.24, 2.45) is 0 Å². The number of rotatable bonds is 9. The SMILES string of the molecule is CCCCCCN[C@@H](C)CC(C)(C)OC. The third-order valence-corrected chi connectivity index (χ3v) is 2.87. The fourth-order valence-electron chi connectivity index (χ4n) is 1.79. The monoisotopic (exact) mass is 215 g/mol. The second-order valence-electron chi connectivity index (χ2n) is 5.08. The van der Waals surface area contributed by atoms with E-state index in [1.165, 1.54) is 25.7 Å². The minimum atomic E-state index is -0.00413. The second-order valence-corrected chi connectivity index (χ2v) is 5.08. The van der Waals surface area contributed by atoms with E-state index in [9.17, 15) is 0 Å². The van der Waals surface area contributed by atoms with Gasteiger partial charge < -0.3 is 10.1 Å². The third kappa shape index (κ3) is 8.88. The summed E-state index contributed by atoms with van der Waals surface area (Å²) in [6.45, 7) is 9.91. The lowest BCUT2D eigenvalue weighted by atomic mass is 10.00. The summed E-state index contributed by atoms with van der Waals surface area (Å²) >= 11 is 0. The number of methoxy groups -OCH3 is 1. The predicted octanol–water partition coefficient (Wildman–Crippen LogP) is 3.36. The highest BCUT2D eigenvalue weighted by Gasteiger charge is 2.19. The highest BCUT2D eigenvalue weighted by atomic mass is 16.5. The van der Waals surface area contributed by atoms with Crippen LogP contribution < -0.4 is 5.32 Å². The summed E-state index contributed by atoms with van der Waals surface area (Å²) in [7, 11) is 1.79. The molecule has 1 N–H and O–H groups in total. The molecule has 0 saturated carbocycles. The van der Waals surface area contributed by atoms with Crippen LogP contribution in [0.3, 0.4) is 0 Å². The summed E-state index contributed by atoms with van der Waals surface area (Å²) in [6, 6.07) is 0.543. The van der Waals surface area contributed by atoms with Crippen molar-refractivity contribution in [1.29, 1.82) is 0 Å². The lowest BCUT2D eigenvalue weighted by Crippen LogP contribution is -2.36. The summed E-state index contributed by atoms with van der Waals surface area (Å²) < 4.78 is 5.41. The largest absolute Gasteiger partial charge is 0.379 e. The highest BCUT2D eigenvalue weighted by molar-refractivity contribution is 4.75. The zero-order valence-corrected chi connectivity index (χ0v) is 11.2. The van der Waals surface area contributed by atoms with E-state index in [2.05, 4.69) is 33.0 Å². The van der Waals surface area contributed by atoms with Crippen molar-refractivity contribution in [1.82, 2.24) is 5.32 Å². The van der Waals surface area contributed by atoms with Gasteiger partial charge in [-0.05, 0) is 40.2 Å². The number of nitrogens with one attached hydrogen (secondary N) is 1. The Morgan fingerprint density at radius 1 is 1.20 bits per heavy atom. The van der Waals surface area contributed by atoms with Crippen molar-refractivity contribution in [2.45, 2.75) is 71.4 Å². The maximum absolute atomic E-state index is 5.41. The Hall–Kier alpha value is -0.0800. The van der Waals surface area contributed by atoms with Gasteiger partial charge in [-0.1, -0.05) is 26.2 Å². The molecule has 2 heteroatoms. The normalized spacial score (nSPS) is 14.2. The molecule has 1 atom stereocenters. The minimum Gasteiger partial charge on any atom is -0.379 e. The van der Waals surface area contributed by atoms with Crippen LogP contribution in [0.15, 0.2) is 0 Å². The van der Waals surface area contributed by atoms with E-state index in [0.717, 1.165) is 13.0 Å². The summed E-state index contributed by atoms with van der Waals surface area (Å²) in [6.07, 6.45) is 6.39. The molecule has 0 spiro atoms. The summed E-state index contributed by atoms with van der Waals surface area (Å²) in [4.78, 5) is 0. The molecule has 0 aromatic carbocycles. The zero-order valence-electron chi connectivity index (χ0n) is 11.2. The van der Waals surface area contributed by atoms with E-state index in [0.29, 0.717) is 6.04 Å². The molecule has 0 aliphatic carbocycles. The Labute approximate surface area is 95.8 Å².